The van der Waals surface area contributed by atoms with Crippen LogP contribution in [0.15, 0.2) is 84.9 Å². The van der Waals surface area contributed by atoms with Gasteiger partial charge in [-0.2, -0.15) is 0 Å². The number of rotatable bonds is 6. The molecule has 31 heavy (non-hydrogen) atoms. The van der Waals surface area contributed by atoms with Crippen molar-refractivity contribution in [2.24, 2.45) is 0 Å². The number of carbonyl (C=O) groups excluding carboxylic acids is 2. The number of amides is 1. The van der Waals surface area contributed by atoms with E-state index in [9.17, 15) is 9.59 Å². The molecule has 0 aliphatic rings. The number of carbonyl (C=O) groups is 2. The minimum atomic E-state index is -0.829. The summed E-state index contributed by atoms with van der Waals surface area (Å²) < 4.78 is 10.4. The van der Waals surface area contributed by atoms with Gasteiger partial charge in [-0.25, -0.2) is 9.59 Å². The number of benzene rings is 4. The molecule has 1 atom stereocenters. The van der Waals surface area contributed by atoms with Crippen LogP contribution in [0.1, 0.15) is 11.1 Å². The van der Waals surface area contributed by atoms with E-state index in [0.717, 1.165) is 32.7 Å². The molecule has 1 N–H and O–H groups in total. The lowest BCUT2D eigenvalue weighted by Crippen LogP contribution is -2.43. The summed E-state index contributed by atoms with van der Waals surface area (Å²) in [6.07, 6.45) is -0.344. The maximum absolute atomic E-state index is 12.6. The number of ether oxygens (including phenoxy) is 2. The van der Waals surface area contributed by atoms with Gasteiger partial charge in [0.15, 0.2) is 0 Å². The van der Waals surface area contributed by atoms with Crippen LogP contribution in [0, 0.1) is 0 Å². The van der Waals surface area contributed by atoms with E-state index in [1.807, 2.05) is 78.9 Å². The summed E-state index contributed by atoms with van der Waals surface area (Å²) in [5.74, 6) is -0.517. The van der Waals surface area contributed by atoms with E-state index in [2.05, 4.69) is 11.4 Å². The first-order valence-electron chi connectivity index (χ1n) is 10.1. The van der Waals surface area contributed by atoms with Crippen LogP contribution in [0.25, 0.3) is 21.5 Å². The predicted molar refractivity (Wildman–Crippen MR) is 121 cm³/mol. The molecule has 0 spiro atoms. The second-order valence-electron chi connectivity index (χ2n) is 7.28. The van der Waals surface area contributed by atoms with Gasteiger partial charge in [0.2, 0.25) is 0 Å². The van der Waals surface area contributed by atoms with E-state index in [-0.39, 0.29) is 6.61 Å². The molecular weight excluding hydrogens is 390 g/mol. The molecule has 0 radical (unpaired) electrons. The summed E-state index contributed by atoms with van der Waals surface area (Å²) in [5, 5.41) is 6.87. The minimum absolute atomic E-state index is 0.0902. The number of fused-ring (bicyclic) bond motifs is 2. The van der Waals surface area contributed by atoms with E-state index in [1.54, 1.807) is 0 Å². The van der Waals surface area contributed by atoms with Crippen LogP contribution in [0.3, 0.4) is 0 Å². The average Bonchev–Trinajstić information content (AvgIpc) is 2.81. The Morgan fingerprint density at radius 3 is 2.03 bits per heavy atom. The molecule has 0 saturated heterocycles. The molecule has 0 aliphatic carbocycles. The number of methoxy groups -OCH3 is 1. The molecule has 0 bridgehead atoms. The van der Waals surface area contributed by atoms with Gasteiger partial charge in [0, 0.05) is 12.0 Å². The fourth-order valence-corrected chi connectivity index (χ4v) is 3.77. The molecule has 0 fully saturated rings. The minimum Gasteiger partial charge on any atom is -0.467 e. The quantitative estimate of drug-likeness (QED) is 0.357. The smallest absolute Gasteiger partial charge is 0.408 e. The van der Waals surface area contributed by atoms with Crippen molar-refractivity contribution in [3.8, 4) is 0 Å². The Labute approximate surface area is 180 Å². The Balaban J connectivity index is 1.53. The van der Waals surface area contributed by atoms with Crippen molar-refractivity contribution in [2.45, 2.75) is 19.1 Å². The van der Waals surface area contributed by atoms with Crippen molar-refractivity contribution < 1.29 is 19.1 Å². The SMILES string of the molecule is COC(=O)C(Cc1ccccc1)NC(=O)OCc1c2ccccc2cc2ccccc12. The summed E-state index contributed by atoms with van der Waals surface area (Å²) in [7, 11) is 1.30. The van der Waals surface area contributed by atoms with Gasteiger partial charge in [-0.05, 0) is 33.2 Å². The summed E-state index contributed by atoms with van der Waals surface area (Å²) >= 11 is 0. The predicted octanol–water partition coefficient (Wildman–Crippen LogP) is 5.00. The van der Waals surface area contributed by atoms with E-state index < -0.39 is 18.1 Å². The zero-order chi connectivity index (χ0) is 21.6. The Bertz CT molecular complexity index is 1170. The van der Waals surface area contributed by atoms with Gasteiger partial charge >= 0.3 is 12.1 Å². The van der Waals surface area contributed by atoms with Gasteiger partial charge in [0.1, 0.15) is 12.6 Å². The normalized spacial score (nSPS) is 11.8. The van der Waals surface area contributed by atoms with E-state index >= 15 is 0 Å². The molecule has 1 amide bonds. The highest BCUT2D eigenvalue weighted by Crippen LogP contribution is 2.29. The zero-order valence-electron chi connectivity index (χ0n) is 17.2. The van der Waals surface area contributed by atoms with Gasteiger partial charge in [-0.3, -0.25) is 0 Å². The first kappa shape index (κ1) is 20.4. The highest BCUT2D eigenvalue weighted by atomic mass is 16.6. The van der Waals surface area contributed by atoms with Crippen LogP contribution in [-0.4, -0.2) is 25.2 Å². The topological polar surface area (TPSA) is 64.6 Å². The van der Waals surface area contributed by atoms with Gasteiger partial charge in [0.25, 0.3) is 0 Å². The van der Waals surface area contributed by atoms with Gasteiger partial charge in [-0.15, -0.1) is 0 Å². The fraction of sp³-hybridized carbons (Fsp3) is 0.154. The molecule has 0 aliphatic heterocycles. The summed E-state index contributed by atoms with van der Waals surface area (Å²) in [6, 6.07) is 26.8. The number of esters is 1. The lowest BCUT2D eigenvalue weighted by atomic mass is 9.97. The Kier molecular flexibility index (Phi) is 6.13. The molecule has 5 heteroatoms. The van der Waals surface area contributed by atoms with Gasteiger partial charge in [-0.1, -0.05) is 78.9 Å². The molecule has 0 aromatic heterocycles. The monoisotopic (exact) mass is 413 g/mol. The molecule has 5 nitrogen and oxygen atoms in total. The third kappa shape index (κ3) is 4.67. The average molecular weight is 413 g/mol. The number of hydrogen-bond acceptors (Lipinski definition) is 4. The first-order valence-corrected chi connectivity index (χ1v) is 10.1. The first-order chi connectivity index (χ1) is 15.2. The maximum Gasteiger partial charge on any atom is 0.408 e. The van der Waals surface area contributed by atoms with E-state index in [0.29, 0.717) is 6.42 Å². The Morgan fingerprint density at radius 2 is 1.42 bits per heavy atom. The van der Waals surface area contributed by atoms with E-state index in [4.69, 9.17) is 9.47 Å². The standard InChI is InChI=1S/C26H23NO4/c1-30-25(28)24(15-18-9-3-2-4-10-18)27-26(29)31-17-23-21-13-7-5-11-19(21)16-20-12-6-8-14-22(20)23/h2-14,16,24H,15,17H2,1H3,(H,27,29). The lowest BCUT2D eigenvalue weighted by molar-refractivity contribution is -0.143. The van der Waals surface area contributed by atoms with Crippen molar-refractivity contribution in [1.29, 1.82) is 0 Å². The molecule has 4 aromatic rings. The Hall–Kier alpha value is -3.86. The second-order valence-corrected chi connectivity index (χ2v) is 7.28. The number of alkyl carbamates (subject to hydrolysis) is 1. The van der Waals surface area contributed by atoms with Crippen LogP contribution < -0.4 is 5.32 Å². The van der Waals surface area contributed by atoms with E-state index in [1.165, 1.54) is 7.11 Å². The van der Waals surface area contributed by atoms with Crippen LogP contribution >= 0.6 is 0 Å². The molecule has 4 aromatic carbocycles. The lowest BCUT2D eigenvalue weighted by Gasteiger charge is -2.17. The molecule has 0 saturated carbocycles. The zero-order valence-corrected chi connectivity index (χ0v) is 17.2. The molecule has 0 heterocycles. The van der Waals surface area contributed by atoms with Crippen LogP contribution in [-0.2, 0) is 27.3 Å². The number of hydrogen-bond donors (Lipinski definition) is 1. The molecule has 4 rings (SSSR count). The summed E-state index contributed by atoms with van der Waals surface area (Å²) in [4.78, 5) is 24.8. The van der Waals surface area contributed by atoms with Crippen molar-refractivity contribution in [2.75, 3.05) is 7.11 Å². The van der Waals surface area contributed by atoms with Crippen LogP contribution in [0.5, 0.6) is 0 Å². The van der Waals surface area contributed by atoms with Crippen molar-refractivity contribution >= 4 is 33.6 Å². The van der Waals surface area contributed by atoms with Crippen LogP contribution in [0.4, 0.5) is 4.79 Å². The molecule has 156 valence electrons. The van der Waals surface area contributed by atoms with Crippen molar-refractivity contribution in [3.05, 3.63) is 96.1 Å². The highest BCUT2D eigenvalue weighted by molar-refractivity contribution is 6.02. The van der Waals surface area contributed by atoms with Gasteiger partial charge < -0.3 is 14.8 Å². The largest absolute Gasteiger partial charge is 0.467 e. The third-order valence-corrected chi connectivity index (χ3v) is 5.29. The number of nitrogens with one attached hydrogen (secondary N) is 1. The van der Waals surface area contributed by atoms with Crippen molar-refractivity contribution in [1.82, 2.24) is 5.32 Å². The van der Waals surface area contributed by atoms with Crippen molar-refractivity contribution in [3.63, 3.8) is 0 Å². The molecular formula is C26H23NO4. The Morgan fingerprint density at radius 1 is 0.839 bits per heavy atom. The third-order valence-electron chi connectivity index (χ3n) is 5.29. The molecule has 1 unspecified atom stereocenters. The second kappa shape index (κ2) is 9.30. The van der Waals surface area contributed by atoms with Gasteiger partial charge in [0.05, 0.1) is 7.11 Å². The highest BCUT2D eigenvalue weighted by Gasteiger charge is 2.23. The maximum atomic E-state index is 12.6. The summed E-state index contributed by atoms with van der Waals surface area (Å²) in [5.41, 5.74) is 1.85. The van der Waals surface area contributed by atoms with Crippen LogP contribution in [0.2, 0.25) is 0 Å². The summed E-state index contributed by atoms with van der Waals surface area (Å²) in [6.45, 7) is 0.0902. The fourth-order valence-electron chi connectivity index (χ4n) is 3.77.